The maximum atomic E-state index is 12.4. The minimum atomic E-state index is -3.26. The van der Waals surface area contributed by atoms with E-state index in [0.29, 0.717) is 11.4 Å². The Balaban J connectivity index is 2.01. The molecule has 4 nitrogen and oxygen atoms in total. The first-order valence-corrected chi connectivity index (χ1v) is 10.2. The number of halogens is 1. The van der Waals surface area contributed by atoms with Crippen LogP contribution >= 0.6 is 15.9 Å². The molecule has 0 aromatic heterocycles. The number of methoxy groups -OCH3 is 1. The van der Waals surface area contributed by atoms with Gasteiger partial charge >= 0.3 is 0 Å². The molecule has 0 aliphatic carbocycles. The standard InChI is InChI=1S/C18H22BrNO3S/c1-14-4-9-18(23-3)15(12-14)13-20(2)10-11-24(21,22)17-7-5-16(19)6-8-17/h4-9,12H,10-11,13H2,1-3H3/p+1. The van der Waals surface area contributed by atoms with Crippen LogP contribution in [0.5, 0.6) is 5.75 Å². The van der Waals surface area contributed by atoms with Crippen molar-refractivity contribution in [2.45, 2.75) is 18.4 Å². The van der Waals surface area contributed by atoms with Gasteiger partial charge in [-0.3, -0.25) is 0 Å². The third-order valence-corrected chi connectivity index (χ3v) is 6.16. The van der Waals surface area contributed by atoms with Crippen LogP contribution in [0.1, 0.15) is 11.1 Å². The zero-order chi connectivity index (χ0) is 17.7. The van der Waals surface area contributed by atoms with E-state index in [4.69, 9.17) is 4.74 Å². The third-order valence-electron chi connectivity index (χ3n) is 3.90. The molecule has 0 radical (unpaired) electrons. The second-order valence-electron chi connectivity index (χ2n) is 5.97. The average Bonchev–Trinajstić information content (AvgIpc) is 2.54. The summed E-state index contributed by atoms with van der Waals surface area (Å²) in [5.41, 5.74) is 2.26. The lowest BCUT2D eigenvalue weighted by molar-refractivity contribution is -0.891. The maximum Gasteiger partial charge on any atom is 0.183 e. The Morgan fingerprint density at radius 1 is 1.12 bits per heavy atom. The Morgan fingerprint density at radius 3 is 2.42 bits per heavy atom. The van der Waals surface area contributed by atoms with Crippen LogP contribution in [0.2, 0.25) is 0 Å². The first kappa shape index (κ1) is 19.0. The lowest BCUT2D eigenvalue weighted by Crippen LogP contribution is -3.08. The number of quaternary nitrogens is 1. The van der Waals surface area contributed by atoms with E-state index in [2.05, 4.69) is 22.0 Å². The Morgan fingerprint density at radius 2 is 1.79 bits per heavy atom. The molecule has 6 heteroatoms. The molecule has 24 heavy (non-hydrogen) atoms. The van der Waals surface area contributed by atoms with Gasteiger partial charge in [-0.1, -0.05) is 27.6 Å². The molecule has 1 N–H and O–H groups in total. The maximum absolute atomic E-state index is 12.4. The number of rotatable bonds is 7. The van der Waals surface area contributed by atoms with E-state index in [1.807, 2.05) is 26.1 Å². The highest BCUT2D eigenvalue weighted by Crippen LogP contribution is 2.18. The summed E-state index contributed by atoms with van der Waals surface area (Å²) in [5.74, 6) is 0.963. The Hall–Kier alpha value is -1.37. The van der Waals surface area contributed by atoms with Gasteiger partial charge in [0.2, 0.25) is 0 Å². The first-order chi connectivity index (χ1) is 11.3. The molecule has 0 heterocycles. The van der Waals surface area contributed by atoms with Crippen LogP contribution in [-0.2, 0) is 16.4 Å². The van der Waals surface area contributed by atoms with Crippen LogP contribution in [0.25, 0.3) is 0 Å². The predicted octanol–water partition coefficient (Wildman–Crippen LogP) is 2.25. The van der Waals surface area contributed by atoms with Crippen LogP contribution < -0.4 is 9.64 Å². The van der Waals surface area contributed by atoms with Crippen molar-refractivity contribution in [2.24, 2.45) is 0 Å². The number of sulfone groups is 1. The largest absolute Gasteiger partial charge is 0.496 e. The van der Waals surface area contributed by atoms with E-state index >= 15 is 0 Å². The summed E-state index contributed by atoms with van der Waals surface area (Å²) in [7, 11) is 0.392. The highest BCUT2D eigenvalue weighted by molar-refractivity contribution is 9.10. The Kier molecular flexibility index (Phi) is 6.43. The molecule has 0 saturated carbocycles. The number of aryl methyl sites for hydroxylation is 1. The number of hydrogen-bond donors (Lipinski definition) is 1. The summed E-state index contributed by atoms with van der Waals surface area (Å²) in [5, 5.41) is 0. The van der Waals surface area contributed by atoms with Crippen LogP contribution in [0.3, 0.4) is 0 Å². The molecule has 130 valence electrons. The van der Waals surface area contributed by atoms with Gasteiger partial charge in [-0.2, -0.15) is 0 Å². The molecular weight excluding hydrogens is 390 g/mol. The highest BCUT2D eigenvalue weighted by atomic mass is 79.9. The van der Waals surface area contributed by atoms with Crippen LogP contribution in [0.4, 0.5) is 0 Å². The van der Waals surface area contributed by atoms with Crippen molar-refractivity contribution in [3.63, 3.8) is 0 Å². The summed E-state index contributed by atoms with van der Waals surface area (Å²) in [4.78, 5) is 1.49. The molecule has 0 fully saturated rings. The smallest absolute Gasteiger partial charge is 0.183 e. The first-order valence-electron chi connectivity index (χ1n) is 7.75. The quantitative estimate of drug-likeness (QED) is 0.758. The van der Waals surface area contributed by atoms with E-state index in [1.165, 1.54) is 5.56 Å². The average molecular weight is 413 g/mol. The number of hydrogen-bond acceptors (Lipinski definition) is 3. The van der Waals surface area contributed by atoms with Crippen molar-refractivity contribution in [1.29, 1.82) is 0 Å². The van der Waals surface area contributed by atoms with Crippen molar-refractivity contribution in [3.05, 3.63) is 58.1 Å². The lowest BCUT2D eigenvalue weighted by Gasteiger charge is -2.16. The Bertz CT molecular complexity index is 788. The fraction of sp³-hybridized carbons (Fsp3) is 0.333. The van der Waals surface area contributed by atoms with Crippen molar-refractivity contribution >= 4 is 25.8 Å². The van der Waals surface area contributed by atoms with Gasteiger partial charge in [0.15, 0.2) is 9.84 Å². The minimum Gasteiger partial charge on any atom is -0.496 e. The van der Waals surface area contributed by atoms with E-state index in [0.717, 1.165) is 27.2 Å². The molecule has 0 aliphatic rings. The van der Waals surface area contributed by atoms with Crippen LogP contribution in [0.15, 0.2) is 51.8 Å². The monoisotopic (exact) mass is 412 g/mol. The summed E-state index contributed by atoms with van der Waals surface area (Å²) < 4.78 is 31.1. The molecule has 0 aliphatic heterocycles. The SMILES string of the molecule is COc1ccc(C)cc1C[NH+](C)CCS(=O)(=O)c1ccc(Br)cc1. The van der Waals surface area contributed by atoms with E-state index < -0.39 is 9.84 Å². The topological polar surface area (TPSA) is 47.8 Å². The van der Waals surface area contributed by atoms with E-state index in [-0.39, 0.29) is 5.75 Å². The molecule has 1 unspecified atom stereocenters. The second kappa shape index (κ2) is 8.14. The van der Waals surface area contributed by atoms with Crippen LogP contribution in [-0.4, -0.2) is 34.9 Å². The lowest BCUT2D eigenvalue weighted by atomic mass is 10.1. The number of ether oxygens (including phenoxy) is 1. The van der Waals surface area contributed by atoms with Gasteiger partial charge < -0.3 is 9.64 Å². The highest BCUT2D eigenvalue weighted by Gasteiger charge is 2.18. The van der Waals surface area contributed by atoms with Crippen molar-refractivity contribution in [2.75, 3.05) is 26.5 Å². The van der Waals surface area contributed by atoms with Gasteiger partial charge in [-0.05, 0) is 43.3 Å². The molecule has 2 aromatic carbocycles. The fourth-order valence-electron chi connectivity index (χ4n) is 2.53. The van der Waals surface area contributed by atoms with Crippen molar-refractivity contribution in [1.82, 2.24) is 0 Å². The van der Waals surface area contributed by atoms with Gasteiger partial charge in [-0.15, -0.1) is 0 Å². The number of benzene rings is 2. The van der Waals surface area contributed by atoms with Crippen molar-refractivity contribution in [3.8, 4) is 5.75 Å². The second-order valence-corrected chi connectivity index (χ2v) is 9.00. The molecule has 2 rings (SSSR count). The van der Waals surface area contributed by atoms with Gasteiger partial charge in [0, 0.05) is 10.0 Å². The fourth-order valence-corrected chi connectivity index (χ4v) is 4.20. The third kappa shape index (κ3) is 5.06. The number of nitrogens with one attached hydrogen (secondary N) is 1. The summed E-state index contributed by atoms with van der Waals surface area (Å²) >= 11 is 3.32. The molecule has 1 atom stereocenters. The minimum absolute atomic E-state index is 0.120. The van der Waals surface area contributed by atoms with Crippen molar-refractivity contribution < 1.29 is 18.1 Å². The summed E-state index contributed by atoms with van der Waals surface area (Å²) in [6.07, 6.45) is 0. The molecule has 0 bridgehead atoms. The van der Waals surface area contributed by atoms with Gasteiger partial charge in [0.1, 0.15) is 18.0 Å². The predicted molar refractivity (Wildman–Crippen MR) is 99.4 cm³/mol. The van der Waals surface area contributed by atoms with Gasteiger partial charge in [0.05, 0.1) is 25.6 Å². The van der Waals surface area contributed by atoms with Gasteiger partial charge in [-0.25, -0.2) is 8.42 Å². The summed E-state index contributed by atoms with van der Waals surface area (Å²) in [6, 6.07) is 12.8. The molecule has 2 aromatic rings. The zero-order valence-electron chi connectivity index (χ0n) is 14.2. The van der Waals surface area contributed by atoms with E-state index in [1.54, 1.807) is 31.4 Å². The Labute approximate surface area is 152 Å². The normalized spacial score (nSPS) is 12.8. The van der Waals surface area contributed by atoms with Crippen LogP contribution in [0, 0.1) is 6.92 Å². The molecule has 0 spiro atoms. The zero-order valence-corrected chi connectivity index (χ0v) is 16.6. The molecule has 0 saturated heterocycles. The van der Waals surface area contributed by atoms with E-state index in [9.17, 15) is 8.42 Å². The van der Waals surface area contributed by atoms with Gasteiger partial charge in [0.25, 0.3) is 0 Å². The molecular formula is C18H23BrNO3S+. The summed E-state index contributed by atoms with van der Waals surface area (Å²) in [6.45, 7) is 3.30. The molecule has 0 amide bonds.